The molecule has 0 bridgehead atoms. The Labute approximate surface area is 151 Å². The predicted molar refractivity (Wildman–Crippen MR) is 97.0 cm³/mol. The molecule has 0 aliphatic rings. The topological polar surface area (TPSA) is 52.6 Å². The summed E-state index contributed by atoms with van der Waals surface area (Å²) in [6.07, 6.45) is -4.32. The van der Waals surface area contributed by atoms with Crippen LogP contribution in [-0.4, -0.2) is 32.1 Å². The summed E-state index contributed by atoms with van der Waals surface area (Å²) >= 11 is 0. The molecule has 0 unspecified atom stereocenters. The molecule has 2 aromatic rings. The van der Waals surface area contributed by atoms with Gasteiger partial charge in [0.25, 0.3) is 0 Å². The van der Waals surface area contributed by atoms with Gasteiger partial charge >= 0.3 is 6.18 Å². The highest BCUT2D eigenvalue weighted by atomic mass is 19.4. The molecule has 0 amide bonds. The quantitative estimate of drug-likeness (QED) is 0.632. The second-order valence-corrected chi connectivity index (χ2v) is 5.86. The molecule has 2 rings (SSSR count). The lowest BCUT2D eigenvalue weighted by molar-refractivity contribution is -0.137. The lowest BCUT2D eigenvalue weighted by atomic mass is 10.1. The Bertz CT molecular complexity index is 739. The van der Waals surface area contributed by atoms with E-state index in [1.54, 1.807) is 7.05 Å². The number of guanidine groups is 1. The van der Waals surface area contributed by atoms with E-state index in [4.69, 9.17) is 0 Å². The van der Waals surface area contributed by atoms with Gasteiger partial charge in [-0.2, -0.15) is 13.2 Å². The third-order valence-corrected chi connectivity index (χ3v) is 3.65. The Kier molecular flexibility index (Phi) is 6.43. The van der Waals surface area contributed by atoms with Crippen molar-refractivity contribution in [3.8, 4) is 0 Å². The first-order valence-corrected chi connectivity index (χ1v) is 8.03. The van der Waals surface area contributed by atoms with Gasteiger partial charge in [0.05, 0.1) is 17.8 Å². The summed E-state index contributed by atoms with van der Waals surface area (Å²) in [7, 11) is 5.47. The summed E-state index contributed by atoms with van der Waals surface area (Å²) in [6.45, 7) is 0.845. The molecule has 0 fully saturated rings. The fourth-order valence-corrected chi connectivity index (χ4v) is 2.21. The molecular weight excluding hydrogens is 343 g/mol. The SMILES string of the molecule is CN=C(NCc1ccc(C(F)(F)F)cc1)NCc1cccc(N(C)C)n1. The average molecular weight is 365 g/mol. The van der Waals surface area contributed by atoms with Crippen LogP contribution in [0.5, 0.6) is 0 Å². The zero-order valence-electron chi connectivity index (χ0n) is 14.9. The molecule has 1 aromatic heterocycles. The lowest BCUT2D eigenvalue weighted by Crippen LogP contribution is -2.36. The summed E-state index contributed by atoms with van der Waals surface area (Å²) in [4.78, 5) is 10.5. The highest BCUT2D eigenvalue weighted by Crippen LogP contribution is 2.29. The molecule has 1 aromatic carbocycles. The van der Waals surface area contributed by atoms with E-state index in [0.29, 0.717) is 19.0 Å². The van der Waals surface area contributed by atoms with Crippen LogP contribution in [0, 0.1) is 0 Å². The van der Waals surface area contributed by atoms with E-state index in [9.17, 15) is 13.2 Å². The van der Waals surface area contributed by atoms with Gasteiger partial charge in [-0.05, 0) is 29.8 Å². The number of pyridine rings is 1. The van der Waals surface area contributed by atoms with Crippen molar-refractivity contribution in [1.29, 1.82) is 0 Å². The van der Waals surface area contributed by atoms with Gasteiger partial charge in [0.2, 0.25) is 0 Å². The van der Waals surface area contributed by atoms with Gasteiger partial charge in [0.15, 0.2) is 5.96 Å². The smallest absolute Gasteiger partial charge is 0.363 e. The number of hydrogen-bond donors (Lipinski definition) is 2. The zero-order chi connectivity index (χ0) is 19.2. The fourth-order valence-electron chi connectivity index (χ4n) is 2.21. The van der Waals surface area contributed by atoms with E-state index in [-0.39, 0.29) is 0 Å². The second-order valence-electron chi connectivity index (χ2n) is 5.86. The van der Waals surface area contributed by atoms with Crippen LogP contribution in [0.25, 0.3) is 0 Å². The fraction of sp³-hybridized carbons (Fsp3) is 0.333. The summed E-state index contributed by atoms with van der Waals surface area (Å²) in [5.74, 6) is 1.40. The Hall–Kier alpha value is -2.77. The molecule has 140 valence electrons. The van der Waals surface area contributed by atoms with Gasteiger partial charge in [-0.15, -0.1) is 0 Å². The van der Waals surface area contributed by atoms with E-state index in [1.165, 1.54) is 12.1 Å². The molecule has 0 aliphatic heterocycles. The van der Waals surface area contributed by atoms with Crippen LogP contribution in [0.3, 0.4) is 0 Å². The van der Waals surface area contributed by atoms with Crippen molar-refractivity contribution in [2.45, 2.75) is 19.3 Å². The first-order valence-electron chi connectivity index (χ1n) is 8.03. The molecular formula is C18H22F3N5. The first kappa shape index (κ1) is 19.6. The van der Waals surface area contributed by atoms with E-state index < -0.39 is 11.7 Å². The molecule has 5 nitrogen and oxygen atoms in total. The maximum Gasteiger partial charge on any atom is 0.416 e. The Morgan fingerprint density at radius 3 is 2.27 bits per heavy atom. The average Bonchev–Trinajstić information content (AvgIpc) is 2.61. The monoisotopic (exact) mass is 365 g/mol. The van der Waals surface area contributed by atoms with E-state index in [1.807, 2.05) is 37.2 Å². The van der Waals surface area contributed by atoms with Crippen LogP contribution in [-0.2, 0) is 19.3 Å². The van der Waals surface area contributed by atoms with E-state index >= 15 is 0 Å². The molecule has 0 spiro atoms. The Morgan fingerprint density at radius 1 is 1.04 bits per heavy atom. The molecule has 0 saturated heterocycles. The van der Waals surface area contributed by atoms with Gasteiger partial charge in [0, 0.05) is 27.7 Å². The van der Waals surface area contributed by atoms with Crippen LogP contribution in [0.1, 0.15) is 16.8 Å². The normalized spacial score (nSPS) is 12.0. The van der Waals surface area contributed by atoms with Crippen molar-refractivity contribution in [3.05, 3.63) is 59.3 Å². The minimum atomic E-state index is -4.32. The van der Waals surface area contributed by atoms with Crippen molar-refractivity contribution in [3.63, 3.8) is 0 Å². The third kappa shape index (κ3) is 5.65. The molecule has 2 N–H and O–H groups in total. The zero-order valence-corrected chi connectivity index (χ0v) is 14.9. The van der Waals surface area contributed by atoms with Gasteiger partial charge < -0.3 is 15.5 Å². The number of benzene rings is 1. The minimum absolute atomic E-state index is 0.364. The number of nitrogens with one attached hydrogen (secondary N) is 2. The van der Waals surface area contributed by atoms with Crippen LogP contribution in [0.15, 0.2) is 47.5 Å². The molecule has 0 atom stereocenters. The minimum Gasteiger partial charge on any atom is -0.363 e. The van der Waals surface area contributed by atoms with E-state index in [2.05, 4.69) is 20.6 Å². The van der Waals surface area contributed by atoms with Crippen molar-refractivity contribution < 1.29 is 13.2 Å². The molecule has 0 saturated carbocycles. The summed E-state index contributed by atoms with van der Waals surface area (Å²) < 4.78 is 37.7. The summed E-state index contributed by atoms with van der Waals surface area (Å²) in [5.41, 5.74) is 0.929. The third-order valence-electron chi connectivity index (χ3n) is 3.65. The van der Waals surface area contributed by atoms with Gasteiger partial charge in [0.1, 0.15) is 5.82 Å². The summed E-state index contributed by atoms with van der Waals surface area (Å²) in [6, 6.07) is 10.8. The number of nitrogens with zero attached hydrogens (tertiary/aromatic N) is 3. The lowest BCUT2D eigenvalue weighted by Gasteiger charge is -2.14. The number of aromatic nitrogens is 1. The maximum atomic E-state index is 12.6. The van der Waals surface area contributed by atoms with Crippen LogP contribution < -0.4 is 15.5 Å². The summed E-state index contributed by atoms with van der Waals surface area (Å²) in [5, 5.41) is 6.21. The molecule has 0 radical (unpaired) electrons. The molecule has 26 heavy (non-hydrogen) atoms. The largest absolute Gasteiger partial charge is 0.416 e. The van der Waals surface area contributed by atoms with Crippen LogP contribution in [0.2, 0.25) is 0 Å². The van der Waals surface area contributed by atoms with Gasteiger partial charge in [-0.25, -0.2) is 4.98 Å². The standard InChI is InChI=1S/C18H22F3N5/c1-22-17(24-12-15-5-4-6-16(25-15)26(2)3)23-11-13-7-9-14(10-8-13)18(19,20)21/h4-10H,11-12H2,1-3H3,(H2,22,23,24). The second kappa shape index (κ2) is 8.55. The van der Waals surface area contributed by atoms with Crippen molar-refractivity contribution in [2.24, 2.45) is 4.99 Å². The van der Waals surface area contributed by atoms with Crippen molar-refractivity contribution in [2.75, 3.05) is 26.0 Å². The Morgan fingerprint density at radius 2 is 1.69 bits per heavy atom. The first-order chi connectivity index (χ1) is 12.3. The van der Waals surface area contributed by atoms with Crippen LogP contribution >= 0.6 is 0 Å². The van der Waals surface area contributed by atoms with Gasteiger partial charge in [-0.1, -0.05) is 18.2 Å². The predicted octanol–water partition coefficient (Wildman–Crippen LogP) is 3.03. The maximum absolute atomic E-state index is 12.6. The number of halogens is 3. The van der Waals surface area contributed by atoms with Crippen molar-refractivity contribution in [1.82, 2.24) is 15.6 Å². The number of rotatable bonds is 5. The van der Waals surface area contributed by atoms with Crippen molar-refractivity contribution >= 4 is 11.8 Å². The number of aliphatic imine (C=N–C) groups is 1. The highest BCUT2D eigenvalue weighted by molar-refractivity contribution is 5.79. The van der Waals surface area contributed by atoms with Crippen LogP contribution in [0.4, 0.5) is 19.0 Å². The Balaban J connectivity index is 1.89. The highest BCUT2D eigenvalue weighted by Gasteiger charge is 2.29. The molecule has 8 heteroatoms. The number of alkyl halides is 3. The molecule has 1 heterocycles. The van der Waals surface area contributed by atoms with Gasteiger partial charge in [-0.3, -0.25) is 4.99 Å². The number of anilines is 1. The van der Waals surface area contributed by atoms with E-state index in [0.717, 1.165) is 29.2 Å². The molecule has 0 aliphatic carbocycles. The number of hydrogen-bond acceptors (Lipinski definition) is 3.